The summed E-state index contributed by atoms with van der Waals surface area (Å²) >= 11 is 1.12. The zero-order valence-electron chi connectivity index (χ0n) is 25.2. The normalized spacial score (nSPS) is 26.9. The standard InChI is InChI=1S/C32H45NO7S/c1-20-17-31-11-8-13-33(31)14-9-21-15-23-24(39-19-38-23)16-22(21)26(31)27(20)40-28(35)32(37,12-7-10-30(5,6)36)18-25(34)41-29(2,3)4/h15-17,26-27,36-37H,7-14,18-19H2,1-6H3/t26-,27?,31?,32-/m1/s1. The van der Waals surface area contributed by atoms with Gasteiger partial charge >= 0.3 is 5.97 Å². The van der Waals surface area contributed by atoms with Crippen molar-refractivity contribution in [3.05, 3.63) is 34.9 Å². The first kappa shape index (κ1) is 30.4. The molecule has 0 bridgehead atoms. The van der Waals surface area contributed by atoms with Crippen molar-refractivity contribution < 1.29 is 34.0 Å². The molecular formula is C32H45NO7S. The molecule has 4 atom stereocenters. The molecule has 1 fully saturated rings. The van der Waals surface area contributed by atoms with E-state index < -0.39 is 23.3 Å². The second-order valence-electron chi connectivity index (χ2n) is 13.9. The first-order valence-electron chi connectivity index (χ1n) is 14.8. The Morgan fingerprint density at radius 3 is 2.49 bits per heavy atom. The molecular weight excluding hydrogens is 542 g/mol. The van der Waals surface area contributed by atoms with E-state index in [1.165, 1.54) is 0 Å². The topological polar surface area (TPSA) is 106 Å². The second kappa shape index (κ2) is 10.9. The van der Waals surface area contributed by atoms with E-state index >= 15 is 0 Å². The molecule has 0 amide bonds. The molecule has 3 aliphatic heterocycles. The average Bonchev–Trinajstić information content (AvgIpc) is 3.50. The lowest BCUT2D eigenvalue weighted by Crippen LogP contribution is -2.49. The highest BCUT2D eigenvalue weighted by molar-refractivity contribution is 8.14. The fraction of sp³-hybridized carbons (Fsp3) is 0.688. The van der Waals surface area contributed by atoms with Gasteiger partial charge in [0.05, 0.1) is 17.6 Å². The Morgan fingerprint density at radius 1 is 1.10 bits per heavy atom. The molecule has 1 aromatic rings. The van der Waals surface area contributed by atoms with Gasteiger partial charge in [-0.05, 0) is 94.7 Å². The van der Waals surface area contributed by atoms with Crippen LogP contribution in [0.2, 0.25) is 0 Å². The summed E-state index contributed by atoms with van der Waals surface area (Å²) in [6.07, 6.45) is 4.99. The number of aliphatic hydroxyl groups is 2. The van der Waals surface area contributed by atoms with E-state index in [1.54, 1.807) is 13.8 Å². The molecule has 0 aromatic heterocycles. The van der Waals surface area contributed by atoms with Crippen molar-refractivity contribution in [1.82, 2.24) is 4.90 Å². The number of fused-ring (bicyclic) bond motifs is 3. The van der Waals surface area contributed by atoms with E-state index in [9.17, 15) is 19.8 Å². The van der Waals surface area contributed by atoms with Gasteiger partial charge in [-0.2, -0.15) is 0 Å². The lowest BCUT2D eigenvalue weighted by atomic mass is 9.77. The van der Waals surface area contributed by atoms with Gasteiger partial charge in [0.2, 0.25) is 6.79 Å². The van der Waals surface area contributed by atoms with Gasteiger partial charge in [-0.25, -0.2) is 4.79 Å². The van der Waals surface area contributed by atoms with Crippen LogP contribution in [-0.2, 0) is 20.7 Å². The molecule has 41 heavy (non-hydrogen) atoms. The fourth-order valence-corrected chi connectivity index (χ4v) is 8.11. The first-order chi connectivity index (χ1) is 19.1. The molecule has 1 spiro atoms. The predicted octanol–water partition coefficient (Wildman–Crippen LogP) is 4.88. The Morgan fingerprint density at radius 2 is 1.80 bits per heavy atom. The summed E-state index contributed by atoms with van der Waals surface area (Å²) in [6.45, 7) is 13.2. The summed E-state index contributed by atoms with van der Waals surface area (Å²) in [5.41, 5.74) is -0.0214. The first-order valence-corrected chi connectivity index (χ1v) is 15.7. The Balaban J connectivity index is 1.46. The summed E-state index contributed by atoms with van der Waals surface area (Å²) in [6, 6.07) is 4.12. The van der Waals surface area contributed by atoms with Crippen LogP contribution in [0.15, 0.2) is 23.8 Å². The van der Waals surface area contributed by atoms with Crippen LogP contribution in [-0.4, -0.2) is 73.7 Å². The van der Waals surface area contributed by atoms with Crippen molar-refractivity contribution in [3.63, 3.8) is 0 Å². The number of thioether (sulfide) groups is 1. The van der Waals surface area contributed by atoms with Gasteiger partial charge < -0.3 is 24.4 Å². The van der Waals surface area contributed by atoms with Gasteiger partial charge in [0, 0.05) is 17.2 Å². The van der Waals surface area contributed by atoms with Crippen molar-refractivity contribution in [2.75, 3.05) is 19.9 Å². The van der Waals surface area contributed by atoms with Crippen molar-refractivity contribution in [1.29, 1.82) is 0 Å². The Kier molecular flexibility index (Phi) is 8.07. The smallest absolute Gasteiger partial charge is 0.339 e. The molecule has 9 heteroatoms. The number of hydrogen-bond donors (Lipinski definition) is 2. The molecule has 3 heterocycles. The van der Waals surface area contributed by atoms with Crippen LogP contribution in [0.5, 0.6) is 11.5 Å². The van der Waals surface area contributed by atoms with E-state index in [-0.39, 0.29) is 41.0 Å². The molecule has 0 radical (unpaired) electrons. The van der Waals surface area contributed by atoms with E-state index in [4.69, 9.17) is 14.2 Å². The Hall–Kier alpha value is -2.07. The van der Waals surface area contributed by atoms with Crippen LogP contribution >= 0.6 is 11.8 Å². The van der Waals surface area contributed by atoms with Gasteiger partial charge in [0.1, 0.15) is 6.10 Å². The summed E-state index contributed by atoms with van der Waals surface area (Å²) in [5, 5.41) is 21.8. The van der Waals surface area contributed by atoms with E-state index in [2.05, 4.69) is 23.1 Å². The fourth-order valence-electron chi connectivity index (χ4n) is 7.12. The summed E-state index contributed by atoms with van der Waals surface area (Å²) < 4.78 is 17.4. The number of esters is 1. The SMILES string of the molecule is CC1=CC23CCCN2CCc2cc4c(cc2[C@@H]3C1OC(=O)[C@@](O)(CCCC(C)(C)O)CC(=O)SC(C)(C)C)OCO4. The van der Waals surface area contributed by atoms with E-state index in [1.807, 2.05) is 27.7 Å². The number of ether oxygens (including phenoxy) is 3. The third-order valence-electron chi connectivity index (χ3n) is 8.83. The van der Waals surface area contributed by atoms with Gasteiger partial charge in [0.25, 0.3) is 0 Å². The van der Waals surface area contributed by atoms with Crippen molar-refractivity contribution >= 4 is 22.8 Å². The lowest BCUT2D eigenvalue weighted by molar-refractivity contribution is -0.173. The molecule has 8 nitrogen and oxygen atoms in total. The minimum atomic E-state index is -1.99. The van der Waals surface area contributed by atoms with Gasteiger partial charge in [-0.15, -0.1) is 0 Å². The minimum Gasteiger partial charge on any atom is -0.455 e. The zero-order chi connectivity index (χ0) is 29.8. The van der Waals surface area contributed by atoms with Crippen molar-refractivity contribution in [2.24, 2.45) is 0 Å². The van der Waals surface area contributed by atoms with Crippen LogP contribution in [0.1, 0.15) is 97.1 Å². The predicted molar refractivity (Wildman–Crippen MR) is 158 cm³/mol. The molecule has 1 aromatic carbocycles. The van der Waals surface area contributed by atoms with Gasteiger partial charge in [-0.3, -0.25) is 9.69 Å². The largest absolute Gasteiger partial charge is 0.455 e. The van der Waals surface area contributed by atoms with Gasteiger partial charge in [-0.1, -0.05) is 38.6 Å². The summed E-state index contributed by atoms with van der Waals surface area (Å²) in [4.78, 5) is 29.5. The quantitative estimate of drug-likeness (QED) is 0.325. The number of benzene rings is 1. The zero-order valence-corrected chi connectivity index (χ0v) is 26.1. The maximum atomic E-state index is 14.0. The second-order valence-corrected chi connectivity index (χ2v) is 15.8. The van der Waals surface area contributed by atoms with Crippen molar-refractivity contribution in [2.45, 2.75) is 120 Å². The molecule has 5 rings (SSSR count). The summed E-state index contributed by atoms with van der Waals surface area (Å²) in [7, 11) is 0. The molecule has 2 unspecified atom stereocenters. The molecule has 1 aliphatic carbocycles. The van der Waals surface area contributed by atoms with Crippen LogP contribution in [0, 0.1) is 0 Å². The third-order valence-corrected chi connectivity index (χ3v) is 9.82. The number of carbonyl (C=O) groups excluding carboxylic acids is 2. The summed E-state index contributed by atoms with van der Waals surface area (Å²) in [5.74, 6) is 0.503. The number of rotatable bonds is 8. The maximum absolute atomic E-state index is 14.0. The number of hydrogen-bond acceptors (Lipinski definition) is 9. The average molecular weight is 588 g/mol. The van der Waals surface area contributed by atoms with Crippen molar-refractivity contribution in [3.8, 4) is 11.5 Å². The molecule has 0 saturated carbocycles. The highest BCUT2D eigenvalue weighted by Crippen LogP contribution is 2.55. The Labute approximate surface area is 247 Å². The van der Waals surface area contributed by atoms with Crippen LogP contribution in [0.3, 0.4) is 0 Å². The minimum absolute atomic E-state index is 0.0267. The number of carbonyl (C=O) groups is 2. The molecule has 4 aliphatic rings. The molecule has 226 valence electrons. The molecule has 1 saturated heterocycles. The third kappa shape index (κ3) is 6.19. The maximum Gasteiger partial charge on any atom is 0.339 e. The Bertz CT molecular complexity index is 1230. The van der Waals surface area contributed by atoms with Crippen LogP contribution in [0.25, 0.3) is 0 Å². The van der Waals surface area contributed by atoms with E-state index in [0.717, 1.165) is 66.6 Å². The van der Waals surface area contributed by atoms with Crippen LogP contribution in [0.4, 0.5) is 0 Å². The van der Waals surface area contributed by atoms with Gasteiger partial charge in [0.15, 0.2) is 22.2 Å². The number of nitrogens with zero attached hydrogens (tertiary/aromatic N) is 1. The lowest BCUT2D eigenvalue weighted by Gasteiger charge is -2.40. The highest BCUT2D eigenvalue weighted by Gasteiger charge is 2.57. The highest BCUT2D eigenvalue weighted by atomic mass is 32.2. The monoisotopic (exact) mass is 587 g/mol. The molecule has 2 N–H and O–H groups in total. The van der Waals surface area contributed by atoms with Crippen LogP contribution < -0.4 is 9.47 Å². The van der Waals surface area contributed by atoms with E-state index in [0.29, 0.717) is 18.6 Å².